The molecule has 1 heterocycles. The Bertz CT molecular complexity index is 587. The number of aromatic nitrogens is 2. The number of nitrogens with one attached hydrogen (secondary N) is 1. The van der Waals surface area contributed by atoms with Crippen LogP contribution in [-0.4, -0.2) is 23.1 Å². The summed E-state index contributed by atoms with van der Waals surface area (Å²) in [7, 11) is 0. The van der Waals surface area contributed by atoms with E-state index in [-0.39, 0.29) is 0 Å². The lowest BCUT2D eigenvalue weighted by Gasteiger charge is -2.13. The highest BCUT2D eigenvalue weighted by Gasteiger charge is 2.11. The summed E-state index contributed by atoms with van der Waals surface area (Å²) in [5.41, 5.74) is 0.973. The van der Waals surface area contributed by atoms with Gasteiger partial charge in [0.25, 0.3) is 0 Å². The minimum Gasteiger partial charge on any atom is -0.494 e. The third-order valence-electron chi connectivity index (χ3n) is 2.93. The summed E-state index contributed by atoms with van der Waals surface area (Å²) in [6, 6.07) is 7.55. The normalized spacial score (nSPS) is 10.2. The van der Waals surface area contributed by atoms with E-state index in [2.05, 4.69) is 22.2 Å². The maximum absolute atomic E-state index is 5.90. The number of ether oxygens (including phenoxy) is 2. The van der Waals surface area contributed by atoms with Gasteiger partial charge < -0.3 is 14.8 Å². The van der Waals surface area contributed by atoms with E-state index in [0.717, 1.165) is 30.1 Å². The monoisotopic (exact) mass is 287 g/mol. The van der Waals surface area contributed by atoms with E-state index in [9.17, 15) is 0 Å². The fraction of sp³-hybridized carbons (Fsp3) is 0.375. The second kappa shape index (κ2) is 7.47. The summed E-state index contributed by atoms with van der Waals surface area (Å²) in [6.07, 6.45) is 2.31. The molecule has 0 radical (unpaired) electrons. The van der Waals surface area contributed by atoms with Gasteiger partial charge in [-0.05, 0) is 32.4 Å². The molecule has 2 rings (SSSR count). The minimum absolute atomic E-state index is 0.581. The molecule has 112 valence electrons. The zero-order chi connectivity index (χ0) is 15.1. The molecule has 1 N–H and O–H groups in total. The van der Waals surface area contributed by atoms with Gasteiger partial charge >= 0.3 is 0 Å². The van der Waals surface area contributed by atoms with Crippen molar-refractivity contribution >= 4 is 5.82 Å². The lowest BCUT2D eigenvalue weighted by atomic mass is 10.2. The average Bonchev–Trinajstić information content (AvgIpc) is 2.49. The molecule has 0 amide bonds. The van der Waals surface area contributed by atoms with E-state index < -0.39 is 0 Å². The third kappa shape index (κ3) is 3.84. The zero-order valence-electron chi connectivity index (χ0n) is 12.7. The van der Waals surface area contributed by atoms with Crippen molar-refractivity contribution in [1.82, 2.24) is 9.97 Å². The van der Waals surface area contributed by atoms with Crippen LogP contribution in [0.1, 0.15) is 26.3 Å². The molecule has 0 unspecified atom stereocenters. The molecule has 5 nitrogen and oxygen atoms in total. The number of hydrogen-bond donors (Lipinski definition) is 1. The van der Waals surface area contributed by atoms with Gasteiger partial charge in [-0.2, -0.15) is 0 Å². The number of nitrogens with zero attached hydrogens (tertiary/aromatic N) is 2. The number of anilines is 1. The molecule has 2 aromatic rings. The Balaban J connectivity index is 2.26. The zero-order valence-corrected chi connectivity index (χ0v) is 12.7. The predicted molar refractivity (Wildman–Crippen MR) is 83.3 cm³/mol. The van der Waals surface area contributed by atoms with E-state index in [4.69, 9.17) is 9.47 Å². The molecule has 21 heavy (non-hydrogen) atoms. The van der Waals surface area contributed by atoms with Gasteiger partial charge in [0.2, 0.25) is 5.88 Å². The van der Waals surface area contributed by atoms with Crippen LogP contribution in [0.5, 0.6) is 17.4 Å². The minimum atomic E-state index is 0.581. The van der Waals surface area contributed by atoms with Crippen LogP contribution in [0, 0.1) is 0 Å². The first kappa shape index (κ1) is 15.1. The molecule has 0 fully saturated rings. The highest BCUT2D eigenvalue weighted by Crippen LogP contribution is 2.29. The van der Waals surface area contributed by atoms with Crippen LogP contribution in [0.2, 0.25) is 0 Å². The predicted octanol–water partition coefficient (Wildman–Crippen LogP) is 3.66. The van der Waals surface area contributed by atoms with E-state index in [1.165, 1.54) is 6.33 Å². The Hall–Kier alpha value is -2.30. The lowest BCUT2D eigenvalue weighted by molar-refractivity contribution is 0.338. The molecule has 1 aromatic heterocycles. The van der Waals surface area contributed by atoms with Crippen molar-refractivity contribution in [3.8, 4) is 17.4 Å². The summed E-state index contributed by atoms with van der Waals surface area (Å²) in [5.74, 6) is 2.90. The van der Waals surface area contributed by atoms with Crippen molar-refractivity contribution in [2.24, 2.45) is 0 Å². The van der Waals surface area contributed by atoms with Crippen LogP contribution in [0.15, 0.2) is 30.6 Å². The highest BCUT2D eigenvalue weighted by molar-refractivity contribution is 5.50. The first-order valence-electron chi connectivity index (χ1n) is 7.26. The molecule has 0 saturated carbocycles. The second-order valence-electron chi connectivity index (χ2n) is 4.40. The Morgan fingerprint density at radius 1 is 1.10 bits per heavy atom. The van der Waals surface area contributed by atoms with Crippen LogP contribution in [0.3, 0.4) is 0 Å². The van der Waals surface area contributed by atoms with Gasteiger partial charge in [-0.3, -0.25) is 0 Å². The molecule has 0 bridgehead atoms. The summed E-state index contributed by atoms with van der Waals surface area (Å²) in [4.78, 5) is 8.51. The summed E-state index contributed by atoms with van der Waals surface area (Å²) in [6.45, 7) is 7.48. The van der Waals surface area contributed by atoms with Crippen molar-refractivity contribution in [2.75, 3.05) is 18.5 Å². The van der Waals surface area contributed by atoms with Crippen LogP contribution < -0.4 is 14.8 Å². The Kier molecular flexibility index (Phi) is 5.37. The standard InChI is InChI=1S/C16H21N3O2/c1-4-14-15(17-5-2)18-11-19-16(14)21-13-9-7-8-12(10-13)20-6-3/h7-11H,4-6H2,1-3H3,(H,17,18,19). The van der Waals surface area contributed by atoms with Gasteiger partial charge in [0, 0.05) is 12.6 Å². The van der Waals surface area contributed by atoms with Crippen LogP contribution in [-0.2, 0) is 6.42 Å². The number of benzene rings is 1. The van der Waals surface area contributed by atoms with Gasteiger partial charge in [0.05, 0.1) is 12.2 Å². The van der Waals surface area contributed by atoms with Crippen LogP contribution >= 0.6 is 0 Å². The summed E-state index contributed by atoms with van der Waals surface area (Å²) < 4.78 is 11.4. The average molecular weight is 287 g/mol. The molecular weight excluding hydrogens is 266 g/mol. The molecule has 0 saturated heterocycles. The van der Waals surface area contributed by atoms with Crippen molar-refractivity contribution < 1.29 is 9.47 Å². The summed E-state index contributed by atoms with van der Waals surface area (Å²) in [5, 5.41) is 3.23. The molecule has 1 aromatic carbocycles. The van der Waals surface area contributed by atoms with Crippen LogP contribution in [0.4, 0.5) is 5.82 Å². The second-order valence-corrected chi connectivity index (χ2v) is 4.40. The number of hydrogen-bond acceptors (Lipinski definition) is 5. The van der Waals surface area contributed by atoms with E-state index >= 15 is 0 Å². The fourth-order valence-electron chi connectivity index (χ4n) is 2.03. The van der Waals surface area contributed by atoms with Crippen molar-refractivity contribution in [3.05, 3.63) is 36.2 Å². The number of rotatable bonds is 7. The third-order valence-corrected chi connectivity index (χ3v) is 2.93. The fourth-order valence-corrected chi connectivity index (χ4v) is 2.03. The van der Waals surface area contributed by atoms with Crippen molar-refractivity contribution in [2.45, 2.75) is 27.2 Å². The molecule has 5 heteroatoms. The van der Waals surface area contributed by atoms with Crippen LogP contribution in [0.25, 0.3) is 0 Å². The molecule has 0 aliphatic heterocycles. The Morgan fingerprint density at radius 2 is 1.90 bits per heavy atom. The van der Waals surface area contributed by atoms with Crippen molar-refractivity contribution in [1.29, 1.82) is 0 Å². The van der Waals surface area contributed by atoms with Gasteiger partial charge in [-0.15, -0.1) is 0 Å². The van der Waals surface area contributed by atoms with Gasteiger partial charge in [0.1, 0.15) is 23.6 Å². The smallest absolute Gasteiger partial charge is 0.227 e. The Labute approximate surface area is 125 Å². The summed E-state index contributed by atoms with van der Waals surface area (Å²) >= 11 is 0. The van der Waals surface area contributed by atoms with Gasteiger partial charge in [0.15, 0.2) is 0 Å². The maximum atomic E-state index is 5.90. The van der Waals surface area contributed by atoms with E-state index in [1.54, 1.807) is 0 Å². The molecular formula is C16H21N3O2. The molecule has 0 aliphatic rings. The first-order chi connectivity index (χ1) is 10.3. The highest BCUT2D eigenvalue weighted by atomic mass is 16.5. The lowest BCUT2D eigenvalue weighted by Crippen LogP contribution is -2.05. The first-order valence-corrected chi connectivity index (χ1v) is 7.26. The molecule has 0 atom stereocenters. The largest absolute Gasteiger partial charge is 0.494 e. The van der Waals surface area contributed by atoms with E-state index in [0.29, 0.717) is 18.2 Å². The van der Waals surface area contributed by atoms with Crippen molar-refractivity contribution in [3.63, 3.8) is 0 Å². The quantitative estimate of drug-likeness (QED) is 0.842. The Morgan fingerprint density at radius 3 is 2.62 bits per heavy atom. The van der Waals surface area contributed by atoms with E-state index in [1.807, 2.05) is 38.1 Å². The SMILES string of the molecule is CCNc1ncnc(Oc2cccc(OCC)c2)c1CC. The molecule has 0 spiro atoms. The maximum Gasteiger partial charge on any atom is 0.227 e. The topological polar surface area (TPSA) is 56.3 Å². The van der Waals surface area contributed by atoms with Gasteiger partial charge in [-0.1, -0.05) is 13.0 Å². The molecule has 0 aliphatic carbocycles. The van der Waals surface area contributed by atoms with Gasteiger partial charge in [-0.25, -0.2) is 9.97 Å².